The van der Waals surface area contributed by atoms with Crippen LogP contribution < -0.4 is 0 Å². The number of hydrogen-bond acceptors (Lipinski definition) is 5. The summed E-state index contributed by atoms with van der Waals surface area (Å²) in [5.41, 5.74) is 2.01. The molecular formula is C18H26N6O. The van der Waals surface area contributed by atoms with Crippen LogP contribution in [0.3, 0.4) is 0 Å². The fraction of sp³-hybridized carbons (Fsp3) is 0.556. The van der Waals surface area contributed by atoms with Gasteiger partial charge in [0, 0.05) is 37.7 Å². The molecule has 1 atom stereocenters. The zero-order valence-electron chi connectivity index (χ0n) is 15.1. The highest BCUT2D eigenvalue weighted by atomic mass is 16.2. The van der Waals surface area contributed by atoms with Gasteiger partial charge in [-0.3, -0.25) is 9.69 Å². The number of aryl methyl sites for hydroxylation is 1. The van der Waals surface area contributed by atoms with Gasteiger partial charge in [-0.1, -0.05) is 38.1 Å². The number of aromatic amines is 1. The molecule has 1 saturated heterocycles. The highest BCUT2D eigenvalue weighted by molar-refractivity contribution is 5.77. The minimum atomic E-state index is 0.224. The molecule has 2 heterocycles. The van der Waals surface area contributed by atoms with E-state index in [0.29, 0.717) is 30.6 Å². The smallest absolute Gasteiger partial charge is 0.222 e. The Labute approximate surface area is 148 Å². The van der Waals surface area contributed by atoms with Crippen molar-refractivity contribution < 1.29 is 4.79 Å². The van der Waals surface area contributed by atoms with E-state index in [1.807, 2.05) is 29.2 Å². The number of H-pyrrole nitrogens is 1. The van der Waals surface area contributed by atoms with E-state index in [-0.39, 0.29) is 5.91 Å². The number of aromatic nitrogens is 4. The maximum atomic E-state index is 12.7. The second-order valence-electron chi connectivity index (χ2n) is 7.02. The number of benzene rings is 1. The average molecular weight is 342 g/mol. The number of carbonyl (C=O) groups is 1. The highest BCUT2D eigenvalue weighted by Crippen LogP contribution is 2.21. The summed E-state index contributed by atoms with van der Waals surface area (Å²) in [6.45, 7) is 7.01. The van der Waals surface area contributed by atoms with Gasteiger partial charge in [-0.15, -0.1) is 10.2 Å². The van der Waals surface area contributed by atoms with Crippen molar-refractivity contribution in [3.05, 3.63) is 29.8 Å². The molecule has 1 aromatic carbocycles. The van der Waals surface area contributed by atoms with E-state index in [2.05, 4.69) is 46.4 Å². The standard InChI is InChI=1S/C18H26N6O/c1-13(2)16-12-24(11-10-23(16)3)17(25)9-8-14-6-4-5-7-15(14)18-19-21-22-20-18/h4-7,13,16H,8-12H2,1-3H3,(H,19,20,21,22)/t16-/m1/s1. The molecule has 3 rings (SSSR count). The first kappa shape index (κ1) is 17.5. The Morgan fingerprint density at radius 2 is 2.12 bits per heavy atom. The third-order valence-electron chi connectivity index (χ3n) is 5.03. The van der Waals surface area contributed by atoms with E-state index in [0.717, 1.165) is 30.8 Å². The molecule has 0 unspecified atom stereocenters. The first-order chi connectivity index (χ1) is 12.1. The lowest BCUT2D eigenvalue weighted by molar-refractivity contribution is -0.134. The van der Waals surface area contributed by atoms with Crippen molar-refractivity contribution >= 4 is 5.91 Å². The third kappa shape index (κ3) is 4.04. The van der Waals surface area contributed by atoms with Crippen LogP contribution in [0.25, 0.3) is 11.4 Å². The summed E-state index contributed by atoms with van der Waals surface area (Å²) in [7, 11) is 2.15. The van der Waals surface area contributed by atoms with Gasteiger partial charge in [0.05, 0.1) is 0 Å². The summed E-state index contributed by atoms with van der Waals surface area (Å²) in [6, 6.07) is 8.36. The topological polar surface area (TPSA) is 78.0 Å². The number of tetrazole rings is 1. The van der Waals surface area contributed by atoms with E-state index in [1.54, 1.807) is 0 Å². The molecule has 1 aliphatic rings. The first-order valence-electron chi connectivity index (χ1n) is 8.86. The van der Waals surface area contributed by atoms with Crippen LogP contribution in [0.15, 0.2) is 24.3 Å². The van der Waals surface area contributed by atoms with E-state index < -0.39 is 0 Å². The van der Waals surface area contributed by atoms with Gasteiger partial charge in [0.2, 0.25) is 11.7 Å². The number of likely N-dealkylation sites (N-methyl/N-ethyl adjacent to an activating group) is 1. The lowest BCUT2D eigenvalue weighted by atomic mass is 9.99. The van der Waals surface area contributed by atoms with Crippen LogP contribution in [-0.2, 0) is 11.2 Å². The first-order valence-corrected chi connectivity index (χ1v) is 8.86. The van der Waals surface area contributed by atoms with Crippen LogP contribution in [0.2, 0.25) is 0 Å². The molecule has 1 aliphatic heterocycles. The van der Waals surface area contributed by atoms with Crippen molar-refractivity contribution in [2.75, 3.05) is 26.7 Å². The molecule has 25 heavy (non-hydrogen) atoms. The number of carbonyl (C=O) groups excluding carboxylic acids is 1. The molecule has 0 aliphatic carbocycles. The van der Waals surface area contributed by atoms with Gasteiger partial charge in [-0.05, 0) is 30.2 Å². The largest absolute Gasteiger partial charge is 0.340 e. The molecule has 0 spiro atoms. The van der Waals surface area contributed by atoms with Crippen LogP contribution in [-0.4, -0.2) is 69.1 Å². The van der Waals surface area contributed by atoms with E-state index in [4.69, 9.17) is 0 Å². The van der Waals surface area contributed by atoms with E-state index in [9.17, 15) is 4.79 Å². The van der Waals surface area contributed by atoms with E-state index in [1.165, 1.54) is 0 Å². The zero-order chi connectivity index (χ0) is 17.8. The van der Waals surface area contributed by atoms with Crippen LogP contribution in [0, 0.1) is 5.92 Å². The molecular weight excluding hydrogens is 316 g/mol. The van der Waals surface area contributed by atoms with Crippen LogP contribution in [0.4, 0.5) is 0 Å². The lowest BCUT2D eigenvalue weighted by Gasteiger charge is -2.41. The van der Waals surface area contributed by atoms with Gasteiger partial charge in [0.25, 0.3) is 0 Å². The Balaban J connectivity index is 1.64. The van der Waals surface area contributed by atoms with Crippen LogP contribution in [0.1, 0.15) is 25.8 Å². The monoisotopic (exact) mass is 342 g/mol. The molecule has 7 nitrogen and oxygen atoms in total. The second-order valence-corrected chi connectivity index (χ2v) is 7.02. The summed E-state index contributed by atoms with van der Waals surface area (Å²) >= 11 is 0. The lowest BCUT2D eigenvalue weighted by Crippen LogP contribution is -2.55. The van der Waals surface area contributed by atoms with Gasteiger partial charge in [0.1, 0.15) is 0 Å². The van der Waals surface area contributed by atoms with Crippen molar-refractivity contribution in [3.8, 4) is 11.4 Å². The Morgan fingerprint density at radius 1 is 1.32 bits per heavy atom. The van der Waals surface area contributed by atoms with Crippen molar-refractivity contribution in [1.29, 1.82) is 0 Å². The number of piperazine rings is 1. The summed E-state index contributed by atoms with van der Waals surface area (Å²) in [6.07, 6.45) is 1.19. The summed E-state index contributed by atoms with van der Waals surface area (Å²) in [4.78, 5) is 17.1. The minimum absolute atomic E-state index is 0.224. The number of nitrogens with one attached hydrogen (secondary N) is 1. The molecule has 0 saturated carbocycles. The highest BCUT2D eigenvalue weighted by Gasteiger charge is 2.29. The Bertz CT molecular complexity index is 699. The fourth-order valence-electron chi connectivity index (χ4n) is 3.48. The van der Waals surface area contributed by atoms with Gasteiger partial charge in [0.15, 0.2) is 0 Å². The van der Waals surface area contributed by atoms with Crippen molar-refractivity contribution in [1.82, 2.24) is 30.4 Å². The molecule has 1 aromatic heterocycles. The predicted octanol–water partition coefficient (Wildman–Crippen LogP) is 1.60. The van der Waals surface area contributed by atoms with Crippen molar-refractivity contribution in [2.24, 2.45) is 5.92 Å². The molecule has 7 heteroatoms. The van der Waals surface area contributed by atoms with Gasteiger partial charge < -0.3 is 4.90 Å². The third-order valence-corrected chi connectivity index (χ3v) is 5.03. The summed E-state index contributed by atoms with van der Waals surface area (Å²) in [5, 5.41) is 14.2. The van der Waals surface area contributed by atoms with Crippen LogP contribution in [0.5, 0.6) is 0 Å². The minimum Gasteiger partial charge on any atom is -0.340 e. The van der Waals surface area contributed by atoms with E-state index >= 15 is 0 Å². The predicted molar refractivity (Wildman–Crippen MR) is 95.8 cm³/mol. The maximum absolute atomic E-state index is 12.7. The summed E-state index contributed by atoms with van der Waals surface area (Å²) in [5.74, 6) is 1.34. The number of rotatable bonds is 5. The number of amides is 1. The van der Waals surface area contributed by atoms with Gasteiger partial charge in [-0.2, -0.15) is 5.21 Å². The Hall–Kier alpha value is -2.28. The molecule has 1 amide bonds. The van der Waals surface area contributed by atoms with Gasteiger partial charge >= 0.3 is 0 Å². The number of hydrogen-bond donors (Lipinski definition) is 1. The molecule has 1 fully saturated rings. The fourth-order valence-corrected chi connectivity index (χ4v) is 3.48. The normalized spacial score (nSPS) is 18.7. The molecule has 0 radical (unpaired) electrons. The van der Waals surface area contributed by atoms with Crippen molar-refractivity contribution in [2.45, 2.75) is 32.7 Å². The molecule has 2 aromatic rings. The SMILES string of the molecule is CC(C)[C@H]1CN(C(=O)CCc2ccccc2-c2nn[nH]n2)CCN1C. The molecule has 1 N–H and O–H groups in total. The average Bonchev–Trinajstić information content (AvgIpc) is 3.14. The molecule has 0 bridgehead atoms. The maximum Gasteiger partial charge on any atom is 0.222 e. The van der Waals surface area contributed by atoms with Crippen molar-refractivity contribution in [3.63, 3.8) is 0 Å². The Kier molecular flexibility index (Phi) is 5.43. The quantitative estimate of drug-likeness (QED) is 0.893. The van der Waals surface area contributed by atoms with Crippen LogP contribution >= 0.6 is 0 Å². The zero-order valence-corrected chi connectivity index (χ0v) is 15.1. The Morgan fingerprint density at radius 3 is 2.84 bits per heavy atom. The summed E-state index contributed by atoms with van der Waals surface area (Å²) < 4.78 is 0. The van der Waals surface area contributed by atoms with Gasteiger partial charge in [-0.25, -0.2) is 0 Å². The number of nitrogens with zero attached hydrogens (tertiary/aromatic N) is 5. The second kappa shape index (κ2) is 7.74. The molecule has 134 valence electrons.